The second kappa shape index (κ2) is 11.6. The van der Waals surface area contributed by atoms with Crippen LogP contribution in [0.25, 0.3) is 10.8 Å². The molecule has 40 heavy (non-hydrogen) atoms. The summed E-state index contributed by atoms with van der Waals surface area (Å²) in [6.45, 7) is 9.31. The molecule has 0 heterocycles. The standard InChI is InChI=1S/C32H40O6S2/c1-30(2,3)39(35,36)21-27(19-26-17-12-16-25-15-10-11-18-28(25)26)29(34)32(22-33,20-24-13-8-7-9-14-24)23-40(37,38)31(4,5)6/h7-18,22,27H,19-21,23H2,1-6H3. The third kappa shape index (κ3) is 6.89. The molecule has 6 nitrogen and oxygen atoms in total. The van der Waals surface area contributed by atoms with E-state index >= 15 is 0 Å². The van der Waals surface area contributed by atoms with Crippen molar-refractivity contribution in [2.45, 2.75) is 63.9 Å². The van der Waals surface area contributed by atoms with Crippen LogP contribution in [0, 0.1) is 11.3 Å². The van der Waals surface area contributed by atoms with Crippen molar-refractivity contribution in [3.63, 3.8) is 0 Å². The molecule has 0 N–H and O–H groups in total. The van der Waals surface area contributed by atoms with Gasteiger partial charge in [0.1, 0.15) is 11.7 Å². The summed E-state index contributed by atoms with van der Waals surface area (Å²) in [4.78, 5) is 27.6. The molecule has 0 bridgehead atoms. The van der Waals surface area contributed by atoms with Gasteiger partial charge in [0.15, 0.2) is 25.5 Å². The van der Waals surface area contributed by atoms with Gasteiger partial charge in [0.2, 0.25) is 0 Å². The van der Waals surface area contributed by atoms with Gasteiger partial charge in [-0.1, -0.05) is 72.8 Å². The smallest absolute Gasteiger partial charge is 0.156 e. The maximum Gasteiger partial charge on any atom is 0.156 e. The Kier molecular flexibility index (Phi) is 9.16. The van der Waals surface area contributed by atoms with Crippen molar-refractivity contribution in [1.82, 2.24) is 0 Å². The van der Waals surface area contributed by atoms with E-state index in [2.05, 4.69) is 0 Å². The van der Waals surface area contributed by atoms with Gasteiger partial charge in [0.25, 0.3) is 0 Å². The Morgan fingerprint density at radius 2 is 1.30 bits per heavy atom. The monoisotopic (exact) mass is 584 g/mol. The number of rotatable bonds is 11. The molecule has 0 aliphatic carbocycles. The molecule has 0 saturated heterocycles. The summed E-state index contributed by atoms with van der Waals surface area (Å²) in [6, 6.07) is 22.0. The van der Waals surface area contributed by atoms with Crippen LogP contribution < -0.4 is 0 Å². The van der Waals surface area contributed by atoms with Crippen molar-refractivity contribution >= 4 is 42.5 Å². The van der Waals surface area contributed by atoms with E-state index in [0.717, 1.165) is 16.3 Å². The summed E-state index contributed by atoms with van der Waals surface area (Å²) in [5.74, 6) is -3.01. The molecule has 216 valence electrons. The van der Waals surface area contributed by atoms with Crippen LogP contribution in [0.5, 0.6) is 0 Å². The van der Waals surface area contributed by atoms with Crippen LogP contribution in [-0.4, -0.2) is 49.9 Å². The third-order valence-corrected chi connectivity index (χ3v) is 13.0. The number of aldehydes is 1. The van der Waals surface area contributed by atoms with Crippen LogP contribution in [0.15, 0.2) is 72.8 Å². The number of carbonyl (C=O) groups is 2. The number of sulfone groups is 2. The lowest BCUT2D eigenvalue weighted by Gasteiger charge is -2.34. The zero-order valence-electron chi connectivity index (χ0n) is 24.2. The van der Waals surface area contributed by atoms with E-state index in [9.17, 15) is 26.4 Å². The zero-order valence-corrected chi connectivity index (χ0v) is 25.8. The SMILES string of the molecule is CC(C)(C)S(=O)(=O)CC(Cc1cccc2ccccc12)C(=O)C(C=O)(Cc1ccccc1)CS(=O)(=O)C(C)(C)C. The molecule has 0 spiro atoms. The number of benzene rings is 3. The van der Waals surface area contributed by atoms with Crippen molar-refractivity contribution in [2.24, 2.45) is 11.3 Å². The molecule has 3 rings (SSSR count). The van der Waals surface area contributed by atoms with Crippen molar-refractivity contribution in [2.75, 3.05) is 11.5 Å². The van der Waals surface area contributed by atoms with Gasteiger partial charge in [0.05, 0.1) is 21.0 Å². The van der Waals surface area contributed by atoms with E-state index < -0.39 is 57.8 Å². The first kappa shape index (κ1) is 31.7. The van der Waals surface area contributed by atoms with Gasteiger partial charge < -0.3 is 4.79 Å². The molecule has 3 aromatic rings. The average Bonchev–Trinajstić information content (AvgIpc) is 2.86. The van der Waals surface area contributed by atoms with Crippen LogP contribution in [0.4, 0.5) is 0 Å². The molecule has 0 aliphatic heterocycles. The predicted molar refractivity (Wildman–Crippen MR) is 162 cm³/mol. The highest BCUT2D eigenvalue weighted by atomic mass is 32.2. The maximum absolute atomic E-state index is 14.6. The fourth-order valence-corrected chi connectivity index (χ4v) is 7.47. The minimum absolute atomic E-state index is 0.0510. The second-order valence-corrected chi connectivity index (χ2v) is 18.1. The summed E-state index contributed by atoms with van der Waals surface area (Å²) < 4.78 is 51.6. The molecule has 0 aromatic heterocycles. The fourth-order valence-electron chi connectivity index (χ4n) is 4.74. The predicted octanol–water partition coefficient (Wildman–Crippen LogP) is 5.42. The van der Waals surface area contributed by atoms with Gasteiger partial charge in [0, 0.05) is 5.92 Å². The number of carbonyl (C=O) groups excluding carboxylic acids is 2. The Bertz CT molecular complexity index is 1570. The summed E-state index contributed by atoms with van der Waals surface area (Å²) >= 11 is 0. The highest BCUT2D eigenvalue weighted by Crippen LogP contribution is 2.35. The summed E-state index contributed by atoms with van der Waals surface area (Å²) in [6.07, 6.45) is 0.341. The Morgan fingerprint density at radius 3 is 1.88 bits per heavy atom. The number of fused-ring (bicyclic) bond motifs is 1. The average molecular weight is 585 g/mol. The number of Topliss-reactive ketones (excluding diaryl/α,β-unsaturated/α-hetero) is 1. The van der Waals surface area contributed by atoms with Gasteiger partial charge in [-0.2, -0.15) is 0 Å². The Balaban J connectivity index is 2.22. The summed E-state index contributed by atoms with van der Waals surface area (Å²) in [7, 11) is -7.76. The first-order valence-electron chi connectivity index (χ1n) is 13.4. The van der Waals surface area contributed by atoms with Gasteiger partial charge in [-0.25, -0.2) is 16.8 Å². The Hall–Kier alpha value is -2.84. The number of hydrogen-bond acceptors (Lipinski definition) is 6. The van der Waals surface area contributed by atoms with Gasteiger partial charge >= 0.3 is 0 Å². The maximum atomic E-state index is 14.6. The minimum Gasteiger partial charge on any atom is -0.302 e. The van der Waals surface area contributed by atoms with Gasteiger partial charge in [-0.3, -0.25) is 4.79 Å². The highest BCUT2D eigenvalue weighted by molar-refractivity contribution is 7.93. The van der Waals surface area contributed by atoms with E-state index in [4.69, 9.17) is 0 Å². The van der Waals surface area contributed by atoms with Crippen LogP contribution >= 0.6 is 0 Å². The van der Waals surface area contributed by atoms with Crippen LogP contribution in [0.1, 0.15) is 52.7 Å². The minimum atomic E-state index is -3.95. The number of hydrogen-bond donors (Lipinski definition) is 0. The van der Waals surface area contributed by atoms with Gasteiger partial charge in [-0.05, 0) is 76.3 Å². The molecule has 2 unspecified atom stereocenters. The molecule has 2 atom stereocenters. The van der Waals surface area contributed by atoms with E-state index in [-0.39, 0.29) is 12.8 Å². The molecular formula is C32H40O6S2. The molecule has 0 saturated carbocycles. The quantitative estimate of drug-likeness (QED) is 0.220. The molecule has 0 fully saturated rings. The fraction of sp³-hybridized carbons (Fsp3) is 0.438. The Morgan fingerprint density at radius 1 is 0.750 bits per heavy atom. The van der Waals surface area contributed by atoms with E-state index in [1.807, 2.05) is 42.5 Å². The molecular weight excluding hydrogens is 544 g/mol. The topological polar surface area (TPSA) is 102 Å². The molecule has 8 heteroatoms. The van der Waals surface area contributed by atoms with Crippen molar-refractivity contribution in [1.29, 1.82) is 0 Å². The lowest BCUT2D eigenvalue weighted by atomic mass is 9.74. The molecule has 0 amide bonds. The third-order valence-electron chi connectivity index (χ3n) is 7.53. The van der Waals surface area contributed by atoms with Gasteiger partial charge in [-0.15, -0.1) is 0 Å². The van der Waals surface area contributed by atoms with Crippen molar-refractivity contribution in [3.8, 4) is 0 Å². The largest absolute Gasteiger partial charge is 0.302 e. The highest BCUT2D eigenvalue weighted by Gasteiger charge is 2.49. The Labute approximate surface area is 239 Å². The first-order valence-corrected chi connectivity index (χ1v) is 16.7. The summed E-state index contributed by atoms with van der Waals surface area (Å²) in [5.41, 5.74) is -0.579. The van der Waals surface area contributed by atoms with Crippen molar-refractivity contribution in [3.05, 3.63) is 83.9 Å². The molecule has 0 radical (unpaired) electrons. The zero-order chi connectivity index (χ0) is 30.0. The lowest BCUT2D eigenvalue weighted by Crippen LogP contribution is -2.50. The van der Waals surface area contributed by atoms with E-state index in [1.165, 1.54) is 20.8 Å². The van der Waals surface area contributed by atoms with Crippen LogP contribution in [-0.2, 0) is 42.1 Å². The van der Waals surface area contributed by atoms with Crippen LogP contribution in [0.3, 0.4) is 0 Å². The molecule has 0 aliphatic rings. The van der Waals surface area contributed by atoms with E-state index in [1.54, 1.807) is 51.1 Å². The lowest BCUT2D eigenvalue weighted by molar-refractivity contribution is -0.136. The second-order valence-electron chi connectivity index (χ2n) is 12.6. The first-order chi connectivity index (χ1) is 18.4. The normalized spacial score (nSPS) is 15.3. The van der Waals surface area contributed by atoms with Crippen molar-refractivity contribution < 1.29 is 26.4 Å². The van der Waals surface area contributed by atoms with E-state index in [0.29, 0.717) is 11.8 Å². The summed E-state index contributed by atoms with van der Waals surface area (Å²) in [5, 5.41) is 1.81. The molecule has 3 aromatic carbocycles. The number of ketones is 1. The van der Waals surface area contributed by atoms with Crippen LogP contribution in [0.2, 0.25) is 0 Å².